The minimum Gasteiger partial charge on any atom is -0.469 e. The third-order valence-electron chi connectivity index (χ3n) is 5.80. The molecule has 29 heavy (non-hydrogen) atoms. The molecule has 1 saturated carbocycles. The van der Waals surface area contributed by atoms with Gasteiger partial charge in [0.2, 0.25) is 5.91 Å². The summed E-state index contributed by atoms with van der Waals surface area (Å²) in [5.41, 5.74) is -0.584. The first-order chi connectivity index (χ1) is 13.5. The molecular weight excluding hydrogens is 376 g/mol. The zero-order valence-corrected chi connectivity index (χ0v) is 18.6. The molecule has 0 aromatic heterocycles. The average Bonchev–Trinajstić information content (AvgIpc) is 3.08. The molecule has 0 spiro atoms. The van der Waals surface area contributed by atoms with Gasteiger partial charge in [0.05, 0.1) is 37.8 Å². The Bertz CT molecular complexity index is 594. The van der Waals surface area contributed by atoms with Crippen LogP contribution in [0.3, 0.4) is 0 Å². The smallest absolute Gasteiger partial charge is 0.410 e. The molecule has 2 aliphatic rings. The van der Waals surface area contributed by atoms with Crippen LogP contribution in [0, 0.1) is 5.92 Å². The van der Waals surface area contributed by atoms with Gasteiger partial charge in [-0.1, -0.05) is 0 Å². The number of methoxy groups -OCH3 is 1. The number of amides is 2. The van der Waals surface area contributed by atoms with Crippen molar-refractivity contribution in [3.63, 3.8) is 0 Å². The maximum absolute atomic E-state index is 12.7. The van der Waals surface area contributed by atoms with Crippen LogP contribution < -0.4 is 0 Å². The third kappa shape index (κ3) is 6.59. The maximum Gasteiger partial charge on any atom is 0.410 e. The lowest BCUT2D eigenvalue weighted by atomic mass is 9.87. The Balaban J connectivity index is 1.95. The summed E-state index contributed by atoms with van der Waals surface area (Å²) in [7, 11) is 3.18. The topological polar surface area (TPSA) is 85.4 Å². The Morgan fingerprint density at radius 3 is 2.24 bits per heavy atom. The lowest BCUT2D eigenvalue weighted by Crippen LogP contribution is -2.43. The van der Waals surface area contributed by atoms with Crippen LogP contribution in [0.25, 0.3) is 0 Å². The van der Waals surface area contributed by atoms with E-state index < -0.39 is 5.60 Å². The standard InChI is InChI=1S/C21H36N2O6/c1-14(24)22(5)16-11-17(23(12-16)20(26)29-21(2,3)4)13-28-18-9-7-15(8-10-18)19(25)27-6/h15-18H,7-13H2,1-6H3/t15?,16-,17-,18?/m0/s1. The average molecular weight is 413 g/mol. The van der Waals surface area contributed by atoms with E-state index in [1.165, 1.54) is 14.0 Å². The van der Waals surface area contributed by atoms with Gasteiger partial charge in [-0.15, -0.1) is 0 Å². The molecule has 8 nitrogen and oxygen atoms in total. The largest absolute Gasteiger partial charge is 0.469 e. The van der Waals surface area contributed by atoms with Gasteiger partial charge in [0, 0.05) is 20.5 Å². The number of nitrogens with zero attached hydrogens (tertiary/aromatic N) is 2. The zero-order chi connectivity index (χ0) is 21.8. The van der Waals surface area contributed by atoms with E-state index in [9.17, 15) is 14.4 Å². The lowest BCUT2D eigenvalue weighted by Gasteiger charge is -2.31. The Kier molecular flexibility index (Phi) is 7.91. The van der Waals surface area contributed by atoms with Gasteiger partial charge in [0.1, 0.15) is 5.60 Å². The van der Waals surface area contributed by atoms with Gasteiger partial charge >= 0.3 is 12.1 Å². The van der Waals surface area contributed by atoms with E-state index in [2.05, 4.69) is 0 Å². The zero-order valence-electron chi connectivity index (χ0n) is 18.6. The summed E-state index contributed by atoms with van der Waals surface area (Å²) >= 11 is 0. The highest BCUT2D eigenvalue weighted by molar-refractivity contribution is 5.74. The van der Waals surface area contributed by atoms with Crippen molar-refractivity contribution in [2.45, 2.75) is 83.6 Å². The van der Waals surface area contributed by atoms with Crippen molar-refractivity contribution in [3.05, 3.63) is 0 Å². The van der Waals surface area contributed by atoms with Crippen LogP contribution in [0.4, 0.5) is 4.79 Å². The molecule has 2 atom stereocenters. The summed E-state index contributed by atoms with van der Waals surface area (Å²) in [5.74, 6) is -0.217. The number of carbonyl (C=O) groups excluding carboxylic acids is 3. The number of ether oxygens (including phenoxy) is 3. The van der Waals surface area contributed by atoms with Gasteiger partial charge in [0.25, 0.3) is 0 Å². The highest BCUT2D eigenvalue weighted by Crippen LogP contribution is 2.29. The van der Waals surface area contributed by atoms with Crippen molar-refractivity contribution >= 4 is 18.0 Å². The molecule has 2 rings (SSSR count). The first-order valence-corrected chi connectivity index (χ1v) is 10.4. The molecule has 0 aromatic carbocycles. The Labute approximate surface area is 173 Å². The number of likely N-dealkylation sites (N-methyl/N-ethyl adjacent to an activating group) is 1. The van der Waals surface area contributed by atoms with Crippen molar-refractivity contribution < 1.29 is 28.6 Å². The van der Waals surface area contributed by atoms with Gasteiger partial charge < -0.3 is 24.0 Å². The van der Waals surface area contributed by atoms with Gasteiger partial charge in [-0.2, -0.15) is 0 Å². The molecular formula is C21H36N2O6. The summed E-state index contributed by atoms with van der Waals surface area (Å²) in [4.78, 5) is 39.5. The van der Waals surface area contributed by atoms with Crippen molar-refractivity contribution in [2.75, 3.05) is 27.3 Å². The summed E-state index contributed by atoms with van der Waals surface area (Å²) < 4.78 is 16.5. The quantitative estimate of drug-likeness (QED) is 0.645. The molecule has 0 aromatic rings. The minimum absolute atomic E-state index is 0.0261. The molecule has 1 aliphatic heterocycles. The van der Waals surface area contributed by atoms with E-state index in [-0.39, 0.29) is 42.1 Å². The van der Waals surface area contributed by atoms with Gasteiger partial charge in [-0.3, -0.25) is 9.59 Å². The van der Waals surface area contributed by atoms with Crippen LogP contribution in [0.1, 0.15) is 59.8 Å². The first kappa shape index (κ1) is 23.4. The first-order valence-electron chi connectivity index (χ1n) is 10.4. The van der Waals surface area contributed by atoms with Crippen molar-refractivity contribution in [2.24, 2.45) is 5.92 Å². The van der Waals surface area contributed by atoms with E-state index in [1.807, 2.05) is 20.8 Å². The maximum atomic E-state index is 12.7. The molecule has 8 heteroatoms. The lowest BCUT2D eigenvalue weighted by molar-refractivity contribution is -0.147. The normalized spacial score (nSPS) is 27.4. The number of esters is 1. The highest BCUT2D eigenvalue weighted by atomic mass is 16.6. The molecule has 0 radical (unpaired) electrons. The molecule has 0 N–H and O–H groups in total. The fraction of sp³-hybridized carbons (Fsp3) is 0.857. The van der Waals surface area contributed by atoms with E-state index >= 15 is 0 Å². The number of hydrogen-bond acceptors (Lipinski definition) is 6. The fourth-order valence-electron chi connectivity index (χ4n) is 4.01. The number of likely N-dealkylation sites (tertiary alicyclic amines) is 1. The van der Waals surface area contributed by atoms with Gasteiger partial charge in [0.15, 0.2) is 0 Å². The van der Waals surface area contributed by atoms with Crippen LogP contribution in [0.2, 0.25) is 0 Å². The SMILES string of the molecule is COC(=O)C1CCC(OC[C@@H]2C[C@H](N(C)C(C)=O)CN2C(=O)OC(C)(C)C)CC1. The second-order valence-corrected chi connectivity index (χ2v) is 9.14. The van der Waals surface area contributed by atoms with Crippen LogP contribution in [0.15, 0.2) is 0 Å². The highest BCUT2D eigenvalue weighted by Gasteiger charge is 2.40. The Morgan fingerprint density at radius 1 is 1.10 bits per heavy atom. The van der Waals surface area contributed by atoms with Crippen molar-refractivity contribution in [1.82, 2.24) is 9.80 Å². The van der Waals surface area contributed by atoms with Crippen LogP contribution >= 0.6 is 0 Å². The van der Waals surface area contributed by atoms with E-state index in [4.69, 9.17) is 14.2 Å². The van der Waals surface area contributed by atoms with Crippen molar-refractivity contribution in [1.29, 1.82) is 0 Å². The summed E-state index contributed by atoms with van der Waals surface area (Å²) in [6.45, 7) is 7.88. The predicted octanol–water partition coefficient (Wildman–Crippen LogP) is 2.59. The summed E-state index contributed by atoms with van der Waals surface area (Å²) in [5, 5.41) is 0. The summed E-state index contributed by atoms with van der Waals surface area (Å²) in [6.07, 6.45) is 3.47. The molecule has 2 amide bonds. The van der Waals surface area contributed by atoms with Gasteiger partial charge in [-0.25, -0.2) is 4.79 Å². The molecule has 0 bridgehead atoms. The van der Waals surface area contributed by atoms with E-state index in [0.717, 1.165) is 25.7 Å². The second kappa shape index (κ2) is 9.78. The summed E-state index contributed by atoms with van der Waals surface area (Å²) in [6, 6.07) is -0.196. The minimum atomic E-state index is -0.584. The van der Waals surface area contributed by atoms with Crippen LogP contribution in [-0.4, -0.2) is 78.9 Å². The monoisotopic (exact) mass is 412 g/mol. The van der Waals surface area contributed by atoms with E-state index in [0.29, 0.717) is 19.6 Å². The number of carbonyl (C=O) groups is 3. The Morgan fingerprint density at radius 2 is 1.72 bits per heavy atom. The van der Waals surface area contributed by atoms with Crippen LogP contribution in [-0.2, 0) is 23.8 Å². The predicted molar refractivity (Wildman–Crippen MR) is 107 cm³/mol. The molecule has 2 fully saturated rings. The Hall–Kier alpha value is -1.83. The van der Waals surface area contributed by atoms with E-state index in [1.54, 1.807) is 16.8 Å². The molecule has 1 saturated heterocycles. The number of rotatable bonds is 5. The molecule has 166 valence electrons. The third-order valence-corrected chi connectivity index (χ3v) is 5.80. The number of hydrogen-bond donors (Lipinski definition) is 0. The van der Waals surface area contributed by atoms with Gasteiger partial charge in [-0.05, 0) is 52.9 Å². The van der Waals surface area contributed by atoms with Crippen molar-refractivity contribution in [3.8, 4) is 0 Å². The molecule has 0 unspecified atom stereocenters. The van der Waals surface area contributed by atoms with Crippen LogP contribution in [0.5, 0.6) is 0 Å². The molecule has 1 heterocycles. The second-order valence-electron chi connectivity index (χ2n) is 9.14. The fourth-order valence-corrected chi connectivity index (χ4v) is 4.01. The molecule has 1 aliphatic carbocycles.